The number of aromatic amines is 2. The highest BCUT2D eigenvalue weighted by atomic mass is 32.2. The van der Waals surface area contributed by atoms with Crippen LogP contribution in [0, 0.1) is 5.82 Å². The maximum absolute atomic E-state index is 14.6. The zero-order valence-electron chi connectivity index (χ0n) is 23.6. The summed E-state index contributed by atoms with van der Waals surface area (Å²) < 4.78 is 45.9. The Bertz CT molecular complexity index is 2060. The van der Waals surface area contributed by atoms with Crippen LogP contribution in [-0.2, 0) is 16.6 Å². The van der Waals surface area contributed by atoms with E-state index in [0.717, 1.165) is 23.9 Å². The number of sulfonamides is 1. The molecular formula is C29H28FN9O3S. The van der Waals surface area contributed by atoms with Gasteiger partial charge in [-0.2, -0.15) is 5.10 Å². The van der Waals surface area contributed by atoms with Crippen LogP contribution < -0.4 is 9.46 Å². The summed E-state index contributed by atoms with van der Waals surface area (Å²) in [6, 6.07) is 10.0. The quantitative estimate of drug-likeness (QED) is 0.213. The minimum Gasteiger partial charge on any atom is -0.491 e. The van der Waals surface area contributed by atoms with Crippen LogP contribution >= 0.6 is 0 Å². The molecule has 12 nitrogen and oxygen atoms in total. The molecule has 0 spiro atoms. The normalized spacial score (nSPS) is 12.0. The summed E-state index contributed by atoms with van der Waals surface area (Å²) in [5.41, 5.74) is 6.02. The molecule has 0 saturated heterocycles. The van der Waals surface area contributed by atoms with Crippen LogP contribution in [0.4, 0.5) is 4.39 Å². The molecule has 5 heterocycles. The summed E-state index contributed by atoms with van der Waals surface area (Å²) in [6.07, 6.45) is 7.67. The maximum Gasteiger partial charge on any atom is 0.209 e. The number of rotatable bonds is 10. The molecule has 6 rings (SSSR count). The van der Waals surface area contributed by atoms with Gasteiger partial charge in [0.2, 0.25) is 10.0 Å². The highest BCUT2D eigenvalue weighted by Gasteiger charge is 2.18. The van der Waals surface area contributed by atoms with Crippen molar-refractivity contribution in [2.45, 2.75) is 6.54 Å². The van der Waals surface area contributed by atoms with Gasteiger partial charge in [0, 0.05) is 36.6 Å². The molecule has 0 amide bonds. The lowest BCUT2D eigenvalue weighted by molar-refractivity contribution is 0.261. The highest BCUT2D eigenvalue weighted by Crippen LogP contribution is 2.32. The average molecular weight is 602 g/mol. The summed E-state index contributed by atoms with van der Waals surface area (Å²) in [5, 5.41) is 7.48. The second-order valence-corrected chi connectivity index (χ2v) is 12.2. The molecule has 0 unspecified atom stereocenters. The standard InChI is InChI=1S/C29H28FN9O3S/c1-39(2)6-7-42-21-11-19(13-31-14-21)23-4-5-24-27(34-23)28(38-37-24)29-35-25-16-32-15-22(26(25)36-29)18-8-17(9-20(30)10-18)12-33-43(3,40)41/h4-5,8-11,13-16,33H,6-7,12H2,1-3H3,(H,35,36)(H,37,38). The van der Waals surface area contributed by atoms with Crippen molar-refractivity contribution in [3.63, 3.8) is 0 Å². The molecule has 6 aromatic rings. The molecule has 0 aliphatic carbocycles. The number of nitrogens with one attached hydrogen (secondary N) is 3. The van der Waals surface area contributed by atoms with E-state index in [1.165, 1.54) is 12.1 Å². The molecule has 0 radical (unpaired) electrons. The Hall–Kier alpha value is -4.79. The van der Waals surface area contributed by atoms with Crippen LogP contribution in [0.3, 0.4) is 0 Å². The highest BCUT2D eigenvalue weighted by molar-refractivity contribution is 7.88. The van der Waals surface area contributed by atoms with Crippen LogP contribution in [0.5, 0.6) is 5.75 Å². The van der Waals surface area contributed by atoms with Crippen molar-refractivity contribution in [1.82, 2.24) is 44.7 Å². The van der Waals surface area contributed by atoms with Gasteiger partial charge in [-0.3, -0.25) is 15.1 Å². The van der Waals surface area contributed by atoms with Gasteiger partial charge in [-0.05, 0) is 61.6 Å². The Morgan fingerprint density at radius 1 is 0.953 bits per heavy atom. The molecule has 0 bridgehead atoms. The lowest BCUT2D eigenvalue weighted by Crippen LogP contribution is -2.21. The molecule has 0 saturated carbocycles. The number of likely N-dealkylation sites (N-methyl/N-ethyl adjacent to an activating group) is 1. The van der Waals surface area contributed by atoms with Gasteiger partial charge in [-0.15, -0.1) is 0 Å². The number of halogens is 1. The molecule has 0 aliphatic heterocycles. The Kier molecular flexibility index (Phi) is 7.56. The van der Waals surface area contributed by atoms with E-state index in [2.05, 4.69) is 29.9 Å². The Morgan fingerprint density at radius 2 is 1.79 bits per heavy atom. The van der Waals surface area contributed by atoms with Crippen LogP contribution in [0.1, 0.15) is 5.56 Å². The van der Waals surface area contributed by atoms with Crippen molar-refractivity contribution in [2.24, 2.45) is 0 Å². The van der Waals surface area contributed by atoms with E-state index < -0.39 is 15.8 Å². The number of hydrogen-bond donors (Lipinski definition) is 3. The minimum atomic E-state index is -3.45. The Morgan fingerprint density at radius 3 is 2.60 bits per heavy atom. The number of hydrogen-bond acceptors (Lipinski definition) is 9. The number of imidazole rings is 1. The summed E-state index contributed by atoms with van der Waals surface area (Å²) in [4.78, 5) is 23.6. The number of ether oxygens (including phenoxy) is 1. The van der Waals surface area contributed by atoms with E-state index in [-0.39, 0.29) is 6.54 Å². The first-order valence-electron chi connectivity index (χ1n) is 13.3. The van der Waals surface area contributed by atoms with Crippen LogP contribution in [0.15, 0.2) is 61.2 Å². The molecule has 0 aliphatic rings. The second kappa shape index (κ2) is 11.5. The molecule has 3 N–H and O–H groups in total. The van der Waals surface area contributed by atoms with E-state index in [1.807, 2.05) is 37.2 Å². The van der Waals surface area contributed by atoms with Crippen LogP contribution in [-0.4, -0.2) is 81.9 Å². The van der Waals surface area contributed by atoms with Crippen LogP contribution in [0.2, 0.25) is 0 Å². The Balaban J connectivity index is 1.35. The fraction of sp³-hybridized carbons (Fsp3) is 0.207. The minimum absolute atomic E-state index is 0.0489. The Labute approximate surface area is 246 Å². The third-order valence-corrected chi connectivity index (χ3v) is 7.32. The lowest BCUT2D eigenvalue weighted by atomic mass is 10.0. The number of H-pyrrole nitrogens is 2. The first-order valence-corrected chi connectivity index (χ1v) is 15.2. The molecular weight excluding hydrogens is 573 g/mol. The van der Waals surface area contributed by atoms with Crippen molar-refractivity contribution < 1.29 is 17.5 Å². The molecule has 1 aromatic carbocycles. The monoisotopic (exact) mass is 601 g/mol. The van der Waals surface area contributed by atoms with Gasteiger partial charge in [0.15, 0.2) is 11.5 Å². The van der Waals surface area contributed by atoms with E-state index in [9.17, 15) is 12.8 Å². The van der Waals surface area contributed by atoms with Crippen molar-refractivity contribution >= 4 is 32.1 Å². The SMILES string of the molecule is CN(C)CCOc1cncc(-c2ccc3[nH]nc(-c4nc5c(-c6cc(F)cc(CNS(C)(=O)=O)c6)cncc5[nH]4)c3n2)c1. The van der Waals surface area contributed by atoms with Gasteiger partial charge < -0.3 is 14.6 Å². The zero-order chi connectivity index (χ0) is 30.1. The molecule has 14 heteroatoms. The fourth-order valence-electron chi connectivity index (χ4n) is 4.59. The summed E-state index contributed by atoms with van der Waals surface area (Å²) >= 11 is 0. The van der Waals surface area contributed by atoms with Crippen molar-refractivity contribution in [2.75, 3.05) is 33.5 Å². The topological polar surface area (TPSA) is 155 Å². The number of fused-ring (bicyclic) bond motifs is 2. The zero-order valence-corrected chi connectivity index (χ0v) is 24.4. The van der Waals surface area contributed by atoms with Gasteiger partial charge in [-0.25, -0.2) is 27.5 Å². The lowest BCUT2D eigenvalue weighted by Gasteiger charge is -2.11. The summed E-state index contributed by atoms with van der Waals surface area (Å²) in [5.74, 6) is 0.597. The predicted molar refractivity (Wildman–Crippen MR) is 161 cm³/mol. The van der Waals surface area contributed by atoms with Gasteiger partial charge in [0.05, 0.1) is 40.9 Å². The molecule has 220 valence electrons. The largest absolute Gasteiger partial charge is 0.491 e. The number of benzene rings is 1. The molecule has 5 aromatic heterocycles. The van der Waals surface area contributed by atoms with E-state index in [0.29, 0.717) is 62.8 Å². The summed E-state index contributed by atoms with van der Waals surface area (Å²) in [7, 11) is 0.523. The third kappa shape index (κ3) is 6.35. The number of nitrogens with zero attached hydrogens (tertiary/aromatic N) is 6. The van der Waals surface area contributed by atoms with Crippen LogP contribution in [0.25, 0.3) is 56.0 Å². The number of aromatic nitrogens is 7. The van der Waals surface area contributed by atoms with Gasteiger partial charge in [0.1, 0.15) is 23.7 Å². The van der Waals surface area contributed by atoms with Crippen molar-refractivity contribution in [3.05, 3.63) is 72.6 Å². The maximum atomic E-state index is 14.6. The fourth-order valence-corrected chi connectivity index (χ4v) is 5.02. The van der Waals surface area contributed by atoms with Crippen molar-refractivity contribution in [1.29, 1.82) is 0 Å². The summed E-state index contributed by atoms with van der Waals surface area (Å²) in [6.45, 7) is 1.27. The predicted octanol–water partition coefficient (Wildman–Crippen LogP) is 3.75. The first kappa shape index (κ1) is 28.3. The third-order valence-electron chi connectivity index (χ3n) is 6.65. The van der Waals surface area contributed by atoms with Crippen molar-refractivity contribution in [3.8, 4) is 39.7 Å². The van der Waals surface area contributed by atoms with E-state index in [1.54, 1.807) is 30.9 Å². The average Bonchev–Trinajstić information content (AvgIpc) is 3.59. The molecule has 0 atom stereocenters. The molecule has 43 heavy (non-hydrogen) atoms. The van der Waals surface area contributed by atoms with E-state index >= 15 is 0 Å². The first-order chi connectivity index (χ1) is 20.6. The van der Waals surface area contributed by atoms with E-state index in [4.69, 9.17) is 14.7 Å². The number of pyridine rings is 3. The molecule has 0 fully saturated rings. The van der Waals surface area contributed by atoms with Gasteiger partial charge in [0.25, 0.3) is 0 Å². The van der Waals surface area contributed by atoms with Gasteiger partial charge >= 0.3 is 0 Å². The smallest absolute Gasteiger partial charge is 0.209 e. The second-order valence-electron chi connectivity index (χ2n) is 10.3. The van der Waals surface area contributed by atoms with Gasteiger partial charge in [-0.1, -0.05) is 0 Å².